The SMILES string of the molecule is Cc1c(CN2CCC(=O)CC2)coc1C=O. The largest absolute Gasteiger partial charge is 0.461 e. The molecule has 1 aliphatic rings. The van der Waals surface area contributed by atoms with Gasteiger partial charge in [0.05, 0.1) is 6.26 Å². The molecule has 0 N–H and O–H groups in total. The number of piperidine rings is 1. The van der Waals surface area contributed by atoms with Crippen molar-refractivity contribution in [1.29, 1.82) is 0 Å². The van der Waals surface area contributed by atoms with Gasteiger partial charge in [0.25, 0.3) is 0 Å². The van der Waals surface area contributed by atoms with Gasteiger partial charge in [0.1, 0.15) is 5.78 Å². The summed E-state index contributed by atoms with van der Waals surface area (Å²) in [4.78, 5) is 23.9. The van der Waals surface area contributed by atoms with Crippen molar-refractivity contribution < 1.29 is 14.0 Å². The van der Waals surface area contributed by atoms with Crippen LogP contribution < -0.4 is 0 Å². The van der Waals surface area contributed by atoms with Gasteiger partial charge in [0.2, 0.25) is 0 Å². The summed E-state index contributed by atoms with van der Waals surface area (Å²) in [6.07, 6.45) is 3.64. The molecule has 0 amide bonds. The van der Waals surface area contributed by atoms with E-state index in [1.807, 2.05) is 6.92 Å². The van der Waals surface area contributed by atoms with E-state index in [9.17, 15) is 9.59 Å². The van der Waals surface area contributed by atoms with E-state index in [4.69, 9.17) is 4.42 Å². The van der Waals surface area contributed by atoms with Gasteiger partial charge < -0.3 is 4.42 Å². The van der Waals surface area contributed by atoms with Crippen LogP contribution in [-0.2, 0) is 11.3 Å². The van der Waals surface area contributed by atoms with Crippen molar-refractivity contribution in [3.63, 3.8) is 0 Å². The number of ketones is 1. The van der Waals surface area contributed by atoms with Crippen molar-refractivity contribution >= 4 is 12.1 Å². The fraction of sp³-hybridized carbons (Fsp3) is 0.500. The van der Waals surface area contributed by atoms with Crippen LogP contribution in [-0.4, -0.2) is 30.1 Å². The molecule has 0 bridgehead atoms. The van der Waals surface area contributed by atoms with E-state index in [-0.39, 0.29) is 0 Å². The molecule has 86 valence electrons. The van der Waals surface area contributed by atoms with Gasteiger partial charge in [-0.25, -0.2) is 0 Å². The van der Waals surface area contributed by atoms with Gasteiger partial charge in [0, 0.05) is 43.6 Å². The number of rotatable bonds is 3. The van der Waals surface area contributed by atoms with Crippen molar-refractivity contribution in [2.24, 2.45) is 0 Å². The second-order valence-electron chi connectivity index (χ2n) is 4.18. The van der Waals surface area contributed by atoms with Crippen molar-refractivity contribution in [3.8, 4) is 0 Å². The molecule has 4 nitrogen and oxygen atoms in total. The molecule has 2 rings (SSSR count). The van der Waals surface area contributed by atoms with Crippen molar-refractivity contribution in [2.45, 2.75) is 26.3 Å². The van der Waals surface area contributed by atoms with Gasteiger partial charge in [-0.3, -0.25) is 14.5 Å². The number of carbonyl (C=O) groups excluding carboxylic acids is 2. The van der Waals surface area contributed by atoms with Crippen LogP contribution in [0.3, 0.4) is 0 Å². The first kappa shape index (κ1) is 11.1. The average Bonchev–Trinajstić information content (AvgIpc) is 2.63. The highest BCUT2D eigenvalue weighted by atomic mass is 16.3. The van der Waals surface area contributed by atoms with Gasteiger partial charge in [0.15, 0.2) is 12.0 Å². The van der Waals surface area contributed by atoms with E-state index < -0.39 is 0 Å². The lowest BCUT2D eigenvalue weighted by molar-refractivity contribution is -0.121. The number of furan rings is 1. The molecule has 1 aromatic rings. The van der Waals surface area contributed by atoms with Crippen molar-refractivity contribution in [1.82, 2.24) is 4.90 Å². The molecule has 0 spiro atoms. The van der Waals surface area contributed by atoms with E-state index in [0.717, 1.165) is 37.0 Å². The predicted octanol–water partition coefficient (Wildman–Crippen LogP) is 1.57. The molecule has 2 heterocycles. The third-order valence-corrected chi connectivity index (χ3v) is 3.09. The molecule has 16 heavy (non-hydrogen) atoms. The van der Waals surface area contributed by atoms with Crippen LogP contribution in [0.2, 0.25) is 0 Å². The second-order valence-corrected chi connectivity index (χ2v) is 4.18. The Morgan fingerprint density at radius 3 is 2.69 bits per heavy atom. The third-order valence-electron chi connectivity index (χ3n) is 3.09. The first-order chi connectivity index (χ1) is 7.70. The Labute approximate surface area is 94.2 Å². The number of Topliss-reactive ketones (excluding diaryl/α,β-unsaturated/α-hetero) is 1. The van der Waals surface area contributed by atoms with Gasteiger partial charge >= 0.3 is 0 Å². The molecule has 4 heteroatoms. The molecule has 1 saturated heterocycles. The molecule has 0 unspecified atom stereocenters. The van der Waals surface area contributed by atoms with E-state index in [1.54, 1.807) is 6.26 Å². The molecule has 0 aliphatic carbocycles. The van der Waals surface area contributed by atoms with E-state index in [0.29, 0.717) is 24.4 Å². The summed E-state index contributed by atoms with van der Waals surface area (Å²) in [5, 5.41) is 0. The maximum atomic E-state index is 11.1. The number of hydrogen-bond acceptors (Lipinski definition) is 4. The van der Waals surface area contributed by atoms with Crippen LogP contribution in [0.15, 0.2) is 10.7 Å². The number of carbonyl (C=O) groups is 2. The van der Waals surface area contributed by atoms with Gasteiger partial charge in [-0.2, -0.15) is 0 Å². The number of aldehydes is 1. The Kier molecular flexibility index (Phi) is 3.19. The summed E-state index contributed by atoms with van der Waals surface area (Å²) < 4.78 is 5.15. The van der Waals surface area contributed by atoms with Crippen molar-refractivity contribution in [3.05, 3.63) is 23.2 Å². The van der Waals surface area contributed by atoms with Crippen molar-refractivity contribution in [2.75, 3.05) is 13.1 Å². The molecular weight excluding hydrogens is 206 g/mol. The highest BCUT2D eigenvalue weighted by Gasteiger charge is 2.18. The second kappa shape index (κ2) is 4.61. The summed E-state index contributed by atoms with van der Waals surface area (Å²) in [5.74, 6) is 0.747. The van der Waals surface area contributed by atoms with E-state index in [2.05, 4.69) is 4.90 Å². The number of hydrogen-bond donors (Lipinski definition) is 0. The first-order valence-corrected chi connectivity index (χ1v) is 5.47. The van der Waals surface area contributed by atoms with Gasteiger partial charge in [-0.05, 0) is 6.92 Å². The minimum atomic E-state index is 0.341. The topological polar surface area (TPSA) is 50.5 Å². The predicted molar refractivity (Wildman–Crippen MR) is 58.4 cm³/mol. The van der Waals surface area contributed by atoms with E-state index in [1.165, 1.54) is 0 Å². The zero-order valence-corrected chi connectivity index (χ0v) is 9.36. The summed E-state index contributed by atoms with van der Waals surface area (Å²) in [7, 11) is 0. The molecule has 1 fully saturated rings. The Balaban J connectivity index is 2.01. The minimum Gasteiger partial charge on any atom is -0.461 e. The van der Waals surface area contributed by atoms with Crippen LogP contribution in [0.1, 0.15) is 34.5 Å². The fourth-order valence-corrected chi connectivity index (χ4v) is 1.94. The molecule has 1 aromatic heterocycles. The normalized spacial score (nSPS) is 17.7. The number of likely N-dealkylation sites (tertiary alicyclic amines) is 1. The molecule has 0 radical (unpaired) electrons. The maximum absolute atomic E-state index is 11.1. The Hall–Kier alpha value is -1.42. The Morgan fingerprint density at radius 1 is 1.44 bits per heavy atom. The van der Waals surface area contributed by atoms with Crippen LogP contribution >= 0.6 is 0 Å². The summed E-state index contributed by atoms with van der Waals surface area (Å²) in [5.41, 5.74) is 1.95. The van der Waals surface area contributed by atoms with Crippen LogP contribution in [0, 0.1) is 6.92 Å². The minimum absolute atomic E-state index is 0.341. The van der Waals surface area contributed by atoms with E-state index >= 15 is 0 Å². The summed E-state index contributed by atoms with van der Waals surface area (Å²) in [6.45, 7) is 4.26. The average molecular weight is 221 g/mol. The highest BCUT2D eigenvalue weighted by molar-refractivity contribution is 5.79. The quantitative estimate of drug-likeness (QED) is 0.727. The monoisotopic (exact) mass is 221 g/mol. The lowest BCUT2D eigenvalue weighted by Crippen LogP contribution is -2.33. The fourth-order valence-electron chi connectivity index (χ4n) is 1.94. The van der Waals surface area contributed by atoms with Gasteiger partial charge in [-0.15, -0.1) is 0 Å². The molecular formula is C12H15NO3. The van der Waals surface area contributed by atoms with Crippen LogP contribution in [0.25, 0.3) is 0 Å². The zero-order chi connectivity index (χ0) is 11.5. The zero-order valence-electron chi connectivity index (χ0n) is 9.36. The smallest absolute Gasteiger partial charge is 0.185 e. The summed E-state index contributed by atoms with van der Waals surface area (Å²) in [6, 6.07) is 0. The lowest BCUT2D eigenvalue weighted by Gasteiger charge is -2.25. The lowest BCUT2D eigenvalue weighted by atomic mass is 10.1. The van der Waals surface area contributed by atoms with Crippen LogP contribution in [0.4, 0.5) is 0 Å². The Bertz CT molecular complexity index is 398. The molecule has 0 atom stereocenters. The molecule has 0 aromatic carbocycles. The standard InChI is InChI=1S/C12H15NO3/c1-9-10(8-16-12(9)7-14)6-13-4-2-11(15)3-5-13/h7-8H,2-6H2,1H3. The highest BCUT2D eigenvalue weighted by Crippen LogP contribution is 2.18. The van der Waals surface area contributed by atoms with Crippen LogP contribution in [0.5, 0.6) is 0 Å². The first-order valence-electron chi connectivity index (χ1n) is 5.47. The third kappa shape index (κ3) is 2.22. The maximum Gasteiger partial charge on any atom is 0.185 e. The Morgan fingerprint density at radius 2 is 2.12 bits per heavy atom. The summed E-state index contributed by atoms with van der Waals surface area (Å²) >= 11 is 0. The van der Waals surface area contributed by atoms with Gasteiger partial charge in [-0.1, -0.05) is 0 Å². The number of nitrogens with zero attached hydrogens (tertiary/aromatic N) is 1. The molecule has 1 aliphatic heterocycles. The molecule has 0 saturated carbocycles.